The van der Waals surface area contributed by atoms with Gasteiger partial charge in [0.25, 0.3) is 0 Å². The van der Waals surface area contributed by atoms with Gasteiger partial charge in [-0.05, 0) is 98.2 Å². The van der Waals surface area contributed by atoms with Gasteiger partial charge in [-0.15, -0.1) is 0 Å². The maximum atomic E-state index is 12.3. The van der Waals surface area contributed by atoms with Gasteiger partial charge in [-0.25, -0.2) is 9.78 Å². The minimum absolute atomic E-state index is 0.133. The Morgan fingerprint density at radius 2 is 1.68 bits per heavy atom. The van der Waals surface area contributed by atoms with Crippen molar-refractivity contribution in [3.8, 4) is 0 Å². The van der Waals surface area contributed by atoms with Gasteiger partial charge in [-0.1, -0.05) is 0 Å². The molecule has 0 aliphatic heterocycles. The van der Waals surface area contributed by atoms with E-state index in [2.05, 4.69) is 57.5 Å². The second-order valence-corrected chi connectivity index (χ2v) is 9.94. The van der Waals surface area contributed by atoms with Crippen LogP contribution in [0.5, 0.6) is 0 Å². The molecular formula is C23H31IN6O. The van der Waals surface area contributed by atoms with E-state index >= 15 is 0 Å². The number of aryl methyl sites for hydroxylation is 1. The van der Waals surface area contributed by atoms with E-state index < -0.39 is 0 Å². The number of halogens is 1. The van der Waals surface area contributed by atoms with Gasteiger partial charge in [-0.2, -0.15) is 4.98 Å². The van der Waals surface area contributed by atoms with Crippen LogP contribution in [-0.4, -0.2) is 42.2 Å². The highest BCUT2D eigenvalue weighted by molar-refractivity contribution is 14.1. The second-order valence-electron chi connectivity index (χ2n) is 8.70. The molecule has 2 aromatic rings. The fourth-order valence-electron chi connectivity index (χ4n) is 4.46. The van der Waals surface area contributed by atoms with Crippen molar-refractivity contribution in [3.63, 3.8) is 0 Å². The Morgan fingerprint density at radius 1 is 1.00 bits per heavy atom. The van der Waals surface area contributed by atoms with E-state index in [1.165, 1.54) is 24.1 Å². The van der Waals surface area contributed by atoms with Crippen LogP contribution in [0.4, 0.5) is 22.2 Å². The maximum absolute atomic E-state index is 12.3. The van der Waals surface area contributed by atoms with Gasteiger partial charge in [0, 0.05) is 41.0 Å². The number of carbonyl (C=O) groups is 1. The van der Waals surface area contributed by atoms with Crippen molar-refractivity contribution < 1.29 is 4.79 Å². The minimum atomic E-state index is -0.133. The summed E-state index contributed by atoms with van der Waals surface area (Å²) in [4.78, 5) is 24.1. The zero-order valence-corrected chi connectivity index (χ0v) is 20.4. The molecule has 2 amide bonds. The molecule has 0 unspecified atom stereocenters. The van der Waals surface area contributed by atoms with Gasteiger partial charge >= 0.3 is 6.03 Å². The van der Waals surface area contributed by atoms with Crippen LogP contribution in [0, 0.1) is 3.57 Å². The fraction of sp³-hybridized carbons (Fsp3) is 0.522. The number of benzene rings is 1. The normalized spacial score (nSPS) is 20.5. The van der Waals surface area contributed by atoms with Crippen LogP contribution in [0.1, 0.15) is 49.8 Å². The van der Waals surface area contributed by atoms with Crippen molar-refractivity contribution >= 4 is 46.1 Å². The van der Waals surface area contributed by atoms with E-state index in [1.807, 2.05) is 24.3 Å². The average molecular weight is 534 g/mol. The van der Waals surface area contributed by atoms with E-state index in [1.54, 1.807) is 0 Å². The van der Waals surface area contributed by atoms with Gasteiger partial charge in [0.15, 0.2) is 0 Å². The lowest BCUT2D eigenvalue weighted by molar-refractivity contribution is 0.243. The molecular weight excluding hydrogens is 503 g/mol. The van der Waals surface area contributed by atoms with E-state index in [9.17, 15) is 4.79 Å². The van der Waals surface area contributed by atoms with Crippen LogP contribution in [0.2, 0.25) is 0 Å². The Bertz CT molecular complexity index is 909. The number of nitrogens with zero attached hydrogens (tertiary/aromatic N) is 3. The van der Waals surface area contributed by atoms with Gasteiger partial charge < -0.3 is 20.9 Å². The predicted molar refractivity (Wildman–Crippen MR) is 134 cm³/mol. The van der Waals surface area contributed by atoms with Gasteiger partial charge in [-0.3, -0.25) is 0 Å². The lowest BCUT2D eigenvalue weighted by Gasteiger charge is -2.30. The van der Waals surface area contributed by atoms with Crippen LogP contribution in [0.25, 0.3) is 0 Å². The third-order valence-electron chi connectivity index (χ3n) is 6.08. The number of hydrogen-bond acceptors (Lipinski definition) is 5. The van der Waals surface area contributed by atoms with Crippen molar-refractivity contribution in [1.82, 2.24) is 15.3 Å². The summed E-state index contributed by atoms with van der Waals surface area (Å²) in [5, 5.41) is 9.60. The molecule has 1 fully saturated rings. The van der Waals surface area contributed by atoms with Gasteiger partial charge in [0.1, 0.15) is 5.82 Å². The van der Waals surface area contributed by atoms with E-state index in [0.29, 0.717) is 6.04 Å². The fourth-order valence-corrected chi connectivity index (χ4v) is 4.82. The SMILES string of the molecule is CN(C)c1nc(N[C@H]2CC[C@@H](NC(=O)Nc3ccc(I)cc3)CC2)nc2c1CCCC2. The first-order valence-electron chi connectivity index (χ1n) is 11.1. The molecule has 4 rings (SSSR count). The lowest BCUT2D eigenvalue weighted by atomic mass is 9.91. The molecule has 166 valence electrons. The standard InChI is InChI=1S/C23H31IN6O/c1-30(2)21-19-5-3-4-6-20(19)28-22(29-21)25-16-11-13-18(14-12-16)27-23(31)26-17-9-7-15(24)8-10-17/h7-10,16,18H,3-6,11-14H2,1-2H3,(H,25,28,29)(H2,26,27,31)/t16-,18+. The predicted octanol–water partition coefficient (Wildman–Crippen LogP) is 4.57. The average Bonchev–Trinajstić information content (AvgIpc) is 2.76. The number of fused-ring (bicyclic) bond motifs is 1. The van der Waals surface area contributed by atoms with Crippen LogP contribution in [-0.2, 0) is 12.8 Å². The molecule has 0 radical (unpaired) electrons. The number of anilines is 3. The van der Waals surface area contributed by atoms with Crippen LogP contribution in [0.3, 0.4) is 0 Å². The molecule has 3 N–H and O–H groups in total. The van der Waals surface area contributed by atoms with Crippen molar-refractivity contribution in [3.05, 3.63) is 39.1 Å². The Hall–Kier alpha value is -2.10. The van der Waals surface area contributed by atoms with Crippen LogP contribution < -0.4 is 20.9 Å². The molecule has 1 saturated carbocycles. The quantitative estimate of drug-likeness (QED) is 0.490. The van der Waals surface area contributed by atoms with Crippen LogP contribution in [0.15, 0.2) is 24.3 Å². The summed E-state index contributed by atoms with van der Waals surface area (Å²) < 4.78 is 1.15. The van der Waals surface area contributed by atoms with Crippen molar-refractivity contribution in [2.45, 2.75) is 63.5 Å². The number of nitrogens with one attached hydrogen (secondary N) is 3. The number of carbonyl (C=O) groups excluding carboxylic acids is 1. The summed E-state index contributed by atoms with van der Waals surface area (Å²) in [6, 6.07) is 8.21. The third kappa shape index (κ3) is 5.78. The molecule has 1 heterocycles. The monoisotopic (exact) mass is 534 g/mol. The molecule has 31 heavy (non-hydrogen) atoms. The highest BCUT2D eigenvalue weighted by atomic mass is 127. The summed E-state index contributed by atoms with van der Waals surface area (Å²) in [6.07, 6.45) is 8.42. The minimum Gasteiger partial charge on any atom is -0.362 e. The maximum Gasteiger partial charge on any atom is 0.319 e. The molecule has 7 nitrogen and oxygen atoms in total. The summed E-state index contributed by atoms with van der Waals surface area (Å²) >= 11 is 2.25. The van der Waals surface area contributed by atoms with Crippen LogP contribution >= 0.6 is 22.6 Å². The number of rotatable bonds is 5. The topological polar surface area (TPSA) is 82.2 Å². The van der Waals surface area contributed by atoms with E-state index in [-0.39, 0.29) is 12.1 Å². The zero-order valence-electron chi connectivity index (χ0n) is 18.2. The van der Waals surface area contributed by atoms with Gasteiger partial charge in [0.2, 0.25) is 5.95 Å². The third-order valence-corrected chi connectivity index (χ3v) is 6.80. The number of amides is 2. The number of aromatic nitrogens is 2. The Morgan fingerprint density at radius 3 is 2.39 bits per heavy atom. The Balaban J connectivity index is 1.29. The molecule has 8 heteroatoms. The van der Waals surface area contributed by atoms with E-state index in [0.717, 1.165) is 59.5 Å². The molecule has 1 aromatic carbocycles. The summed E-state index contributed by atoms with van der Waals surface area (Å²) in [5.74, 6) is 1.80. The van der Waals surface area contributed by atoms with Crippen molar-refractivity contribution in [2.75, 3.05) is 29.6 Å². The molecule has 2 aliphatic carbocycles. The molecule has 0 atom stereocenters. The molecule has 2 aliphatic rings. The second kappa shape index (κ2) is 10.0. The first-order chi connectivity index (χ1) is 15.0. The molecule has 0 spiro atoms. The molecule has 1 aromatic heterocycles. The summed E-state index contributed by atoms with van der Waals surface area (Å²) in [6.45, 7) is 0. The molecule has 0 saturated heterocycles. The first-order valence-corrected chi connectivity index (χ1v) is 12.2. The summed E-state index contributed by atoms with van der Waals surface area (Å²) in [5.41, 5.74) is 3.33. The largest absolute Gasteiger partial charge is 0.362 e. The number of hydrogen-bond donors (Lipinski definition) is 3. The molecule has 0 bridgehead atoms. The van der Waals surface area contributed by atoms with Crippen molar-refractivity contribution in [1.29, 1.82) is 0 Å². The Kier molecular flexibility index (Phi) is 7.14. The summed E-state index contributed by atoms with van der Waals surface area (Å²) in [7, 11) is 4.11. The number of urea groups is 1. The highest BCUT2D eigenvalue weighted by Gasteiger charge is 2.24. The van der Waals surface area contributed by atoms with Gasteiger partial charge in [0.05, 0.1) is 5.69 Å². The zero-order chi connectivity index (χ0) is 21.8. The highest BCUT2D eigenvalue weighted by Crippen LogP contribution is 2.29. The van der Waals surface area contributed by atoms with E-state index in [4.69, 9.17) is 9.97 Å². The Labute approximate surface area is 197 Å². The van der Waals surface area contributed by atoms with Crippen molar-refractivity contribution in [2.24, 2.45) is 0 Å². The smallest absolute Gasteiger partial charge is 0.319 e. The first kappa shape index (κ1) is 22.1. The lowest BCUT2D eigenvalue weighted by Crippen LogP contribution is -2.42.